The van der Waals surface area contributed by atoms with Crippen LogP contribution in [0.2, 0.25) is 0 Å². The highest BCUT2D eigenvalue weighted by molar-refractivity contribution is 7.10. The van der Waals surface area contributed by atoms with Gasteiger partial charge in [0.25, 0.3) is 0 Å². The lowest BCUT2D eigenvalue weighted by Gasteiger charge is -2.10. The Morgan fingerprint density at radius 1 is 1.67 bits per heavy atom. The van der Waals surface area contributed by atoms with Gasteiger partial charge < -0.3 is 10.8 Å². The third-order valence-electron chi connectivity index (χ3n) is 2.04. The second-order valence-corrected chi connectivity index (χ2v) is 3.73. The highest BCUT2D eigenvalue weighted by atomic mass is 32.1. The number of hydrogen-bond acceptors (Lipinski definition) is 3. The third-order valence-corrected chi connectivity index (χ3v) is 3.16. The molecule has 0 saturated carbocycles. The van der Waals surface area contributed by atoms with Crippen LogP contribution in [-0.4, -0.2) is 18.3 Å². The molecule has 3 heteroatoms. The van der Waals surface area contributed by atoms with E-state index in [1.807, 2.05) is 0 Å². The molecule has 1 heterocycles. The molecule has 3 N–H and O–H groups in total. The zero-order valence-corrected chi connectivity index (χ0v) is 8.10. The normalized spacial score (nSPS) is 13.2. The minimum absolute atomic E-state index is 0.139. The summed E-state index contributed by atoms with van der Waals surface area (Å²) in [6, 6.07) is 2.11. The van der Waals surface area contributed by atoms with Crippen LogP contribution in [0, 0.1) is 0 Å². The lowest BCUT2D eigenvalue weighted by molar-refractivity contribution is 0.269. The molecule has 2 nitrogen and oxygen atoms in total. The van der Waals surface area contributed by atoms with E-state index in [2.05, 4.69) is 18.4 Å². The molecule has 0 bridgehead atoms. The van der Waals surface area contributed by atoms with Gasteiger partial charge in [-0.1, -0.05) is 6.92 Å². The summed E-state index contributed by atoms with van der Waals surface area (Å²) in [4.78, 5) is 1.25. The topological polar surface area (TPSA) is 46.2 Å². The average Bonchev–Trinajstić information content (AvgIpc) is 2.55. The lowest BCUT2D eigenvalue weighted by atomic mass is 10.0. The Morgan fingerprint density at radius 3 is 2.92 bits per heavy atom. The fraction of sp³-hybridized carbons (Fsp3) is 0.556. The minimum atomic E-state index is 0.139. The van der Waals surface area contributed by atoms with Crippen molar-refractivity contribution in [3.8, 4) is 0 Å². The fourth-order valence-electron chi connectivity index (χ4n) is 1.26. The van der Waals surface area contributed by atoms with E-state index in [4.69, 9.17) is 10.8 Å². The second kappa shape index (κ2) is 4.60. The predicted octanol–water partition coefficient (Wildman–Crippen LogP) is 1.35. The maximum Gasteiger partial charge on any atom is 0.0519 e. The molecule has 1 aromatic heterocycles. The van der Waals surface area contributed by atoms with E-state index in [1.165, 1.54) is 10.4 Å². The van der Waals surface area contributed by atoms with Crippen LogP contribution in [0.1, 0.15) is 23.3 Å². The number of nitrogens with two attached hydrogens (primary N) is 1. The Labute approximate surface area is 77.0 Å². The highest BCUT2D eigenvalue weighted by Crippen LogP contribution is 2.25. The third kappa shape index (κ3) is 1.86. The maximum absolute atomic E-state index is 9.04. The molecule has 0 spiro atoms. The number of aliphatic hydroxyl groups excluding tert-OH is 1. The smallest absolute Gasteiger partial charge is 0.0519 e. The molecule has 0 aliphatic carbocycles. The van der Waals surface area contributed by atoms with Gasteiger partial charge in [0.2, 0.25) is 0 Å². The van der Waals surface area contributed by atoms with Gasteiger partial charge in [0.05, 0.1) is 6.61 Å². The minimum Gasteiger partial charge on any atom is -0.396 e. The van der Waals surface area contributed by atoms with E-state index in [9.17, 15) is 0 Å². The summed E-state index contributed by atoms with van der Waals surface area (Å²) in [5.41, 5.74) is 6.87. The first-order valence-electron chi connectivity index (χ1n) is 4.20. The summed E-state index contributed by atoms with van der Waals surface area (Å²) >= 11 is 1.69. The van der Waals surface area contributed by atoms with Gasteiger partial charge in [-0.05, 0) is 23.4 Å². The van der Waals surface area contributed by atoms with E-state index >= 15 is 0 Å². The van der Waals surface area contributed by atoms with Crippen molar-refractivity contribution in [2.45, 2.75) is 19.3 Å². The molecule has 0 radical (unpaired) electrons. The lowest BCUT2D eigenvalue weighted by Crippen LogP contribution is -2.15. The zero-order valence-electron chi connectivity index (χ0n) is 7.29. The second-order valence-electron chi connectivity index (χ2n) is 2.78. The van der Waals surface area contributed by atoms with E-state index in [0.29, 0.717) is 6.54 Å². The van der Waals surface area contributed by atoms with Crippen molar-refractivity contribution in [3.05, 3.63) is 21.9 Å². The Bertz CT molecular complexity index is 230. The number of rotatable bonds is 4. The molecular formula is C9H15NOS. The van der Waals surface area contributed by atoms with Crippen LogP contribution in [0.15, 0.2) is 11.4 Å². The van der Waals surface area contributed by atoms with Crippen molar-refractivity contribution in [1.82, 2.24) is 0 Å². The quantitative estimate of drug-likeness (QED) is 0.743. The molecule has 0 saturated heterocycles. The largest absolute Gasteiger partial charge is 0.396 e. The highest BCUT2D eigenvalue weighted by Gasteiger charge is 2.12. The van der Waals surface area contributed by atoms with Crippen LogP contribution in [-0.2, 0) is 6.42 Å². The van der Waals surface area contributed by atoms with Gasteiger partial charge in [-0.15, -0.1) is 11.3 Å². The SMILES string of the molecule is CCc1ccsc1C(CN)CO. The van der Waals surface area contributed by atoms with Crippen LogP contribution >= 0.6 is 11.3 Å². The molecule has 1 rings (SSSR count). The van der Waals surface area contributed by atoms with Crippen molar-refractivity contribution in [1.29, 1.82) is 0 Å². The molecule has 0 fully saturated rings. The maximum atomic E-state index is 9.04. The van der Waals surface area contributed by atoms with Crippen LogP contribution in [0.25, 0.3) is 0 Å². The van der Waals surface area contributed by atoms with E-state index < -0.39 is 0 Å². The summed E-state index contributed by atoms with van der Waals surface area (Å²) in [5.74, 6) is 0.139. The van der Waals surface area contributed by atoms with E-state index in [0.717, 1.165) is 6.42 Å². The average molecular weight is 185 g/mol. The van der Waals surface area contributed by atoms with Gasteiger partial charge >= 0.3 is 0 Å². The van der Waals surface area contributed by atoms with Crippen molar-refractivity contribution < 1.29 is 5.11 Å². The zero-order chi connectivity index (χ0) is 8.97. The van der Waals surface area contributed by atoms with Crippen molar-refractivity contribution in [3.63, 3.8) is 0 Å². The number of aryl methyl sites for hydroxylation is 1. The predicted molar refractivity (Wildman–Crippen MR) is 52.6 cm³/mol. The molecule has 1 unspecified atom stereocenters. The number of thiophene rings is 1. The molecule has 1 aromatic rings. The van der Waals surface area contributed by atoms with Gasteiger partial charge in [-0.2, -0.15) is 0 Å². The van der Waals surface area contributed by atoms with Gasteiger partial charge in [-0.3, -0.25) is 0 Å². The van der Waals surface area contributed by atoms with Crippen LogP contribution in [0.4, 0.5) is 0 Å². The van der Waals surface area contributed by atoms with Crippen molar-refractivity contribution in [2.24, 2.45) is 5.73 Å². The van der Waals surface area contributed by atoms with E-state index in [-0.39, 0.29) is 12.5 Å². The number of aliphatic hydroxyl groups is 1. The Balaban J connectivity index is 2.83. The van der Waals surface area contributed by atoms with Gasteiger partial charge in [0.1, 0.15) is 0 Å². The van der Waals surface area contributed by atoms with Gasteiger partial charge in [0.15, 0.2) is 0 Å². The van der Waals surface area contributed by atoms with Crippen LogP contribution in [0.5, 0.6) is 0 Å². The Kier molecular flexibility index (Phi) is 3.72. The summed E-state index contributed by atoms with van der Waals surface area (Å²) in [6.07, 6.45) is 1.02. The molecule has 68 valence electrons. The van der Waals surface area contributed by atoms with E-state index in [1.54, 1.807) is 11.3 Å². The standard InChI is InChI=1S/C9H15NOS/c1-2-7-3-4-12-9(7)8(5-10)6-11/h3-4,8,11H,2,5-6,10H2,1H3. The summed E-state index contributed by atoms with van der Waals surface area (Å²) in [7, 11) is 0. The molecular weight excluding hydrogens is 170 g/mol. The molecule has 0 amide bonds. The Morgan fingerprint density at radius 2 is 2.42 bits per heavy atom. The summed E-state index contributed by atoms with van der Waals surface area (Å²) in [5, 5.41) is 11.1. The first-order valence-corrected chi connectivity index (χ1v) is 5.08. The van der Waals surface area contributed by atoms with Crippen LogP contribution in [0.3, 0.4) is 0 Å². The Hall–Kier alpha value is -0.380. The molecule has 0 aliphatic heterocycles. The van der Waals surface area contributed by atoms with Gasteiger partial charge in [-0.25, -0.2) is 0 Å². The van der Waals surface area contributed by atoms with Crippen molar-refractivity contribution >= 4 is 11.3 Å². The molecule has 12 heavy (non-hydrogen) atoms. The first kappa shape index (κ1) is 9.71. The molecule has 1 atom stereocenters. The summed E-state index contributed by atoms with van der Waals surface area (Å²) < 4.78 is 0. The first-order chi connectivity index (χ1) is 5.83. The number of hydrogen-bond donors (Lipinski definition) is 2. The van der Waals surface area contributed by atoms with Gasteiger partial charge in [0, 0.05) is 17.3 Å². The fourth-order valence-corrected chi connectivity index (χ4v) is 2.37. The summed E-state index contributed by atoms with van der Waals surface area (Å²) in [6.45, 7) is 2.81. The van der Waals surface area contributed by atoms with Crippen molar-refractivity contribution in [2.75, 3.05) is 13.2 Å². The molecule has 0 aliphatic rings. The monoisotopic (exact) mass is 185 g/mol. The molecule has 0 aromatic carbocycles. The van der Waals surface area contributed by atoms with Crippen LogP contribution < -0.4 is 5.73 Å².